The van der Waals surface area contributed by atoms with Crippen LogP contribution in [0.15, 0.2) is 35.0 Å². The van der Waals surface area contributed by atoms with Gasteiger partial charge in [-0.25, -0.2) is 0 Å². The molecule has 0 aliphatic carbocycles. The molecular weight excluding hydrogens is 238 g/mol. The second-order valence-electron chi connectivity index (χ2n) is 6.83. The average molecular weight is 264 g/mol. The molecule has 0 heterocycles. The molecule has 94 valence electrons. The molecule has 0 fully saturated rings. The van der Waals surface area contributed by atoms with Gasteiger partial charge in [0.15, 0.2) is 8.24 Å². The van der Waals surface area contributed by atoms with Gasteiger partial charge < -0.3 is 4.66 Å². The lowest BCUT2D eigenvalue weighted by molar-refractivity contribution is 1.46. The van der Waals surface area contributed by atoms with Gasteiger partial charge in [0.1, 0.15) is 0 Å². The van der Waals surface area contributed by atoms with Gasteiger partial charge in [-0.3, -0.25) is 0 Å². The number of hydrogen-bond acceptors (Lipinski definition) is 1. The van der Waals surface area contributed by atoms with Crippen molar-refractivity contribution in [1.29, 1.82) is 0 Å². The fourth-order valence-electron chi connectivity index (χ4n) is 1.74. The minimum atomic E-state index is -1.39. The second kappa shape index (κ2) is 5.31. The van der Waals surface area contributed by atoms with Crippen LogP contribution in [0.5, 0.6) is 0 Å². The molecule has 1 aromatic rings. The normalized spacial score (nSPS) is 13.9. The zero-order valence-corrected chi connectivity index (χ0v) is 14.0. The zero-order chi connectivity index (χ0) is 13.1. The van der Waals surface area contributed by atoms with E-state index in [9.17, 15) is 0 Å². The van der Waals surface area contributed by atoms with Crippen molar-refractivity contribution < 1.29 is 0 Å². The maximum Gasteiger partial charge on any atom is 0.172 e. The highest BCUT2D eigenvalue weighted by Crippen LogP contribution is 2.17. The van der Waals surface area contributed by atoms with E-state index in [1.807, 2.05) is 0 Å². The Labute approximate surface area is 108 Å². The lowest BCUT2D eigenvalue weighted by Crippen LogP contribution is -2.28. The lowest BCUT2D eigenvalue weighted by Gasteiger charge is -2.21. The predicted molar refractivity (Wildman–Crippen MR) is 84.5 cm³/mol. The molecular formula is C14H25NSi2. The minimum absolute atomic E-state index is 1.11. The Balaban J connectivity index is 3.09. The van der Waals surface area contributed by atoms with E-state index < -0.39 is 16.3 Å². The summed E-state index contributed by atoms with van der Waals surface area (Å²) in [4.78, 5) is 0. The third kappa shape index (κ3) is 5.98. The van der Waals surface area contributed by atoms with Gasteiger partial charge in [0.05, 0.1) is 8.07 Å². The first-order valence-corrected chi connectivity index (χ1v) is 13.5. The molecule has 0 N–H and O–H groups in total. The Morgan fingerprint density at radius 1 is 0.941 bits per heavy atom. The predicted octanol–water partition coefficient (Wildman–Crippen LogP) is 4.65. The molecule has 0 aliphatic heterocycles. The summed E-state index contributed by atoms with van der Waals surface area (Å²) in [5.74, 6) is 0. The minimum Gasteiger partial charge on any atom is -0.326 e. The first kappa shape index (κ1) is 14.4. The molecule has 0 unspecified atom stereocenters. The Morgan fingerprint density at radius 2 is 1.47 bits per heavy atom. The Bertz CT molecular complexity index is 383. The van der Waals surface area contributed by atoms with E-state index in [4.69, 9.17) is 4.66 Å². The standard InChI is InChI=1S/C14H25NSi2/c1-16(2,3)12-14(15-17(4,5)6)13-10-8-7-9-11-13/h7-11H,12H2,1-6H3/b15-14-. The summed E-state index contributed by atoms with van der Waals surface area (Å²) in [7, 11) is -2.50. The molecule has 0 aliphatic rings. The summed E-state index contributed by atoms with van der Waals surface area (Å²) in [6.07, 6.45) is 0. The third-order valence-electron chi connectivity index (χ3n) is 2.28. The smallest absolute Gasteiger partial charge is 0.172 e. The third-order valence-corrected chi connectivity index (χ3v) is 4.61. The highest BCUT2D eigenvalue weighted by Gasteiger charge is 2.20. The largest absolute Gasteiger partial charge is 0.326 e. The summed E-state index contributed by atoms with van der Waals surface area (Å²) in [5.41, 5.74) is 2.65. The lowest BCUT2D eigenvalue weighted by atomic mass is 10.1. The van der Waals surface area contributed by atoms with Gasteiger partial charge in [-0.1, -0.05) is 50.0 Å². The van der Waals surface area contributed by atoms with Crippen molar-refractivity contribution in [2.45, 2.75) is 45.3 Å². The van der Waals surface area contributed by atoms with Crippen molar-refractivity contribution in [3.63, 3.8) is 0 Å². The molecule has 0 spiro atoms. The number of nitrogens with zero attached hydrogens (tertiary/aromatic N) is 1. The molecule has 0 amide bonds. The Hall–Kier alpha value is -0.676. The van der Waals surface area contributed by atoms with E-state index in [0.717, 1.165) is 0 Å². The van der Waals surface area contributed by atoms with Gasteiger partial charge in [0, 0.05) is 5.71 Å². The first-order valence-electron chi connectivity index (χ1n) is 6.32. The van der Waals surface area contributed by atoms with E-state index in [-0.39, 0.29) is 0 Å². The SMILES string of the molecule is C[Si](C)(C)C/C(=N/[Si](C)(C)C)c1ccccc1. The molecule has 0 aromatic heterocycles. The Kier molecular flexibility index (Phi) is 4.50. The van der Waals surface area contributed by atoms with E-state index in [1.54, 1.807) is 0 Å². The highest BCUT2D eigenvalue weighted by molar-refractivity contribution is 6.81. The van der Waals surface area contributed by atoms with Crippen LogP contribution in [0.1, 0.15) is 5.56 Å². The van der Waals surface area contributed by atoms with Crippen molar-refractivity contribution in [2.24, 2.45) is 4.66 Å². The van der Waals surface area contributed by atoms with Gasteiger partial charge in [-0.05, 0) is 31.2 Å². The van der Waals surface area contributed by atoms with Crippen molar-refractivity contribution in [1.82, 2.24) is 0 Å². The highest BCUT2D eigenvalue weighted by atomic mass is 28.3. The number of hydrogen-bond donors (Lipinski definition) is 0. The van der Waals surface area contributed by atoms with E-state index in [1.165, 1.54) is 17.3 Å². The van der Waals surface area contributed by atoms with E-state index in [2.05, 4.69) is 69.6 Å². The molecule has 1 rings (SSSR count). The summed E-state index contributed by atoms with van der Waals surface area (Å²) >= 11 is 0. The molecule has 0 bridgehead atoms. The fraction of sp³-hybridized carbons (Fsp3) is 0.500. The molecule has 17 heavy (non-hydrogen) atoms. The second-order valence-corrected chi connectivity index (χ2v) is 16.9. The van der Waals surface area contributed by atoms with Gasteiger partial charge in [0.2, 0.25) is 0 Å². The van der Waals surface area contributed by atoms with Crippen LogP contribution in [0.3, 0.4) is 0 Å². The van der Waals surface area contributed by atoms with E-state index >= 15 is 0 Å². The van der Waals surface area contributed by atoms with Crippen molar-refractivity contribution in [3.8, 4) is 0 Å². The summed E-state index contributed by atoms with van der Waals surface area (Å²) in [6.45, 7) is 14.2. The van der Waals surface area contributed by atoms with Crippen molar-refractivity contribution >= 4 is 22.0 Å². The van der Waals surface area contributed by atoms with Gasteiger partial charge in [0.25, 0.3) is 0 Å². The number of benzene rings is 1. The van der Waals surface area contributed by atoms with Crippen LogP contribution in [-0.4, -0.2) is 22.0 Å². The van der Waals surface area contributed by atoms with Crippen molar-refractivity contribution in [3.05, 3.63) is 35.9 Å². The van der Waals surface area contributed by atoms with Crippen LogP contribution in [0.25, 0.3) is 0 Å². The van der Waals surface area contributed by atoms with Gasteiger partial charge >= 0.3 is 0 Å². The Morgan fingerprint density at radius 3 is 1.88 bits per heavy atom. The first-order chi connectivity index (χ1) is 7.67. The molecule has 1 aromatic carbocycles. The fourth-order valence-corrected chi connectivity index (χ4v) is 4.21. The zero-order valence-electron chi connectivity index (χ0n) is 12.0. The molecule has 0 saturated heterocycles. The van der Waals surface area contributed by atoms with Crippen LogP contribution in [-0.2, 0) is 0 Å². The van der Waals surface area contributed by atoms with E-state index in [0.29, 0.717) is 0 Å². The molecule has 0 atom stereocenters. The van der Waals surface area contributed by atoms with Crippen LogP contribution in [0.4, 0.5) is 0 Å². The van der Waals surface area contributed by atoms with Crippen LogP contribution < -0.4 is 0 Å². The maximum atomic E-state index is 5.05. The molecule has 3 heteroatoms. The van der Waals surface area contributed by atoms with Gasteiger partial charge in [-0.15, -0.1) is 0 Å². The van der Waals surface area contributed by atoms with Crippen molar-refractivity contribution in [2.75, 3.05) is 0 Å². The average Bonchev–Trinajstić information content (AvgIpc) is 2.14. The summed E-state index contributed by atoms with van der Waals surface area (Å²) < 4.78 is 5.05. The van der Waals surface area contributed by atoms with Crippen LogP contribution >= 0.6 is 0 Å². The monoisotopic (exact) mass is 263 g/mol. The number of rotatable bonds is 4. The molecule has 0 saturated carbocycles. The maximum absolute atomic E-state index is 5.05. The van der Waals surface area contributed by atoms with Crippen LogP contribution in [0, 0.1) is 0 Å². The summed E-state index contributed by atoms with van der Waals surface area (Å²) in [6, 6.07) is 11.9. The molecule has 0 radical (unpaired) electrons. The quantitative estimate of drug-likeness (QED) is 0.554. The summed E-state index contributed by atoms with van der Waals surface area (Å²) in [5, 5.41) is 0. The molecule has 1 nitrogen and oxygen atoms in total. The topological polar surface area (TPSA) is 12.4 Å². The van der Waals surface area contributed by atoms with Gasteiger partial charge in [-0.2, -0.15) is 0 Å². The van der Waals surface area contributed by atoms with Crippen LogP contribution in [0.2, 0.25) is 45.3 Å².